The van der Waals surface area contributed by atoms with E-state index in [1.165, 1.54) is 12.1 Å². The number of nitrogens with one attached hydrogen (secondary N) is 1. The summed E-state index contributed by atoms with van der Waals surface area (Å²) >= 11 is 0. The number of carbonyl (C=O) groups excluding carboxylic acids is 1. The molecule has 6 nitrogen and oxygen atoms in total. The summed E-state index contributed by atoms with van der Waals surface area (Å²) in [5.41, 5.74) is 2.69. The molecule has 156 valence electrons. The first-order valence-electron chi connectivity index (χ1n) is 9.41. The second-order valence-corrected chi connectivity index (χ2v) is 6.73. The molecule has 3 rings (SSSR count). The summed E-state index contributed by atoms with van der Waals surface area (Å²) in [5.74, 6) is 0.146. The van der Waals surface area contributed by atoms with Crippen LogP contribution in [0.2, 0.25) is 0 Å². The van der Waals surface area contributed by atoms with Crippen LogP contribution in [0, 0.1) is 0 Å². The van der Waals surface area contributed by atoms with E-state index in [2.05, 4.69) is 5.32 Å². The first-order valence-corrected chi connectivity index (χ1v) is 9.41. The van der Waals surface area contributed by atoms with Crippen molar-refractivity contribution in [3.05, 3.63) is 89.5 Å². The third-order valence-corrected chi connectivity index (χ3v) is 4.84. The van der Waals surface area contributed by atoms with Gasteiger partial charge in [0.1, 0.15) is 11.5 Å². The topological polar surface area (TPSA) is 84.9 Å². The van der Waals surface area contributed by atoms with Gasteiger partial charge >= 0.3 is 35.5 Å². The molecule has 3 aromatic rings. The number of benzene rings is 3. The van der Waals surface area contributed by atoms with Crippen molar-refractivity contribution in [2.45, 2.75) is 12.3 Å². The number of rotatable bonds is 8. The number of anilines is 1. The predicted molar refractivity (Wildman–Crippen MR) is 116 cm³/mol. The Morgan fingerprint density at radius 2 is 1.29 bits per heavy atom. The van der Waals surface area contributed by atoms with E-state index in [-0.39, 0.29) is 54.8 Å². The van der Waals surface area contributed by atoms with Crippen LogP contribution in [-0.4, -0.2) is 31.2 Å². The van der Waals surface area contributed by atoms with Gasteiger partial charge in [-0.3, -0.25) is 4.79 Å². The summed E-state index contributed by atoms with van der Waals surface area (Å²) in [6, 6.07) is 21.3. The molecule has 0 aliphatic rings. The van der Waals surface area contributed by atoms with E-state index in [0.717, 1.165) is 22.6 Å². The van der Waals surface area contributed by atoms with Gasteiger partial charge in [0.2, 0.25) is 5.91 Å². The van der Waals surface area contributed by atoms with Crippen LogP contribution in [0.1, 0.15) is 35.3 Å². The number of carbonyl (C=O) groups is 2. The molecule has 3 aromatic carbocycles. The van der Waals surface area contributed by atoms with Crippen LogP contribution in [0.25, 0.3) is 0 Å². The molecule has 1 amide bonds. The van der Waals surface area contributed by atoms with Crippen molar-refractivity contribution in [1.82, 2.24) is 0 Å². The van der Waals surface area contributed by atoms with E-state index in [0.29, 0.717) is 5.69 Å². The van der Waals surface area contributed by atoms with Gasteiger partial charge in [0.25, 0.3) is 0 Å². The maximum Gasteiger partial charge on any atom is 1.00 e. The molecule has 31 heavy (non-hydrogen) atoms. The Kier molecular flexibility index (Phi) is 9.12. The number of hydrogen-bond acceptors (Lipinski definition) is 4. The van der Waals surface area contributed by atoms with Crippen molar-refractivity contribution in [2.24, 2.45) is 0 Å². The Bertz CT molecular complexity index is 961. The number of amides is 1. The van der Waals surface area contributed by atoms with E-state index in [4.69, 9.17) is 14.6 Å². The zero-order valence-electron chi connectivity index (χ0n) is 18.8. The molecule has 2 N–H and O–H groups in total. The van der Waals surface area contributed by atoms with Gasteiger partial charge in [-0.25, -0.2) is 4.79 Å². The van der Waals surface area contributed by atoms with Crippen LogP contribution in [0.5, 0.6) is 11.5 Å². The van der Waals surface area contributed by atoms with E-state index < -0.39 is 5.97 Å². The Morgan fingerprint density at radius 3 is 1.68 bits per heavy atom. The van der Waals surface area contributed by atoms with Crippen LogP contribution in [0.4, 0.5) is 5.69 Å². The molecular weight excluding hydrogens is 405 g/mol. The molecule has 0 atom stereocenters. The predicted octanol–water partition coefficient (Wildman–Crippen LogP) is 1.68. The second-order valence-electron chi connectivity index (χ2n) is 6.73. The molecule has 0 bridgehead atoms. The molecule has 7 heteroatoms. The Morgan fingerprint density at radius 1 is 0.839 bits per heavy atom. The Hall–Kier alpha value is -2.80. The van der Waals surface area contributed by atoms with E-state index in [1.54, 1.807) is 26.4 Å². The molecule has 0 aromatic heterocycles. The minimum atomic E-state index is -1.01. The number of hydrogen-bond donors (Lipinski definition) is 2. The fraction of sp³-hybridized carbons (Fsp3) is 0.167. The van der Waals surface area contributed by atoms with Gasteiger partial charge < -0.3 is 21.3 Å². The average Bonchev–Trinajstić information content (AvgIpc) is 2.78. The van der Waals surface area contributed by atoms with Crippen molar-refractivity contribution < 1.29 is 55.2 Å². The first-order chi connectivity index (χ1) is 14.5. The fourth-order valence-corrected chi connectivity index (χ4v) is 3.19. The molecule has 0 aliphatic heterocycles. The van der Waals surface area contributed by atoms with Gasteiger partial charge in [0.05, 0.1) is 19.8 Å². The number of ether oxygens (including phenoxy) is 2. The monoisotopic (exact) mass is 429 g/mol. The second kappa shape index (κ2) is 11.6. The van der Waals surface area contributed by atoms with Crippen molar-refractivity contribution >= 4 is 17.6 Å². The third kappa shape index (κ3) is 6.59. The SMILES string of the molecule is COc1ccc(C(CC(=O)Nc2ccc(C(=O)O)cc2)c2ccc(OC)cc2)cc1.[H-].[Na+]. The Balaban J connectivity index is 0.00000256. The molecule has 0 unspecified atom stereocenters. The van der Waals surface area contributed by atoms with Crippen LogP contribution < -0.4 is 44.3 Å². The smallest absolute Gasteiger partial charge is 1.00 e. The molecule has 0 saturated carbocycles. The summed E-state index contributed by atoms with van der Waals surface area (Å²) in [7, 11) is 3.22. The maximum atomic E-state index is 12.8. The average molecular weight is 429 g/mol. The van der Waals surface area contributed by atoms with E-state index >= 15 is 0 Å². The van der Waals surface area contributed by atoms with Crippen molar-refractivity contribution in [2.75, 3.05) is 19.5 Å². The third-order valence-electron chi connectivity index (χ3n) is 4.84. The van der Waals surface area contributed by atoms with Gasteiger partial charge in [-0.1, -0.05) is 24.3 Å². The molecule has 0 heterocycles. The van der Waals surface area contributed by atoms with Crippen LogP contribution in [0.3, 0.4) is 0 Å². The zero-order chi connectivity index (χ0) is 21.5. The van der Waals surface area contributed by atoms with Crippen LogP contribution >= 0.6 is 0 Å². The maximum absolute atomic E-state index is 12.8. The minimum Gasteiger partial charge on any atom is -1.00 e. The standard InChI is InChI=1S/C24H23NO5.Na.H/c1-29-20-11-5-16(6-12-20)22(17-7-13-21(30-2)14-8-17)15-23(26)25-19-9-3-18(4-10-19)24(27)28;;/h3-14,22H,15H2,1-2H3,(H,25,26)(H,27,28);;/q;+1;-1. The Labute approximate surface area is 205 Å². The van der Waals surface area contributed by atoms with Gasteiger partial charge in [-0.15, -0.1) is 0 Å². The molecule has 0 fully saturated rings. The minimum absolute atomic E-state index is 0. The number of carboxylic acid groups (broad SMARTS) is 1. The van der Waals surface area contributed by atoms with E-state index in [1.807, 2.05) is 48.5 Å². The fourth-order valence-electron chi connectivity index (χ4n) is 3.19. The normalized spacial score (nSPS) is 10.2. The van der Waals surface area contributed by atoms with Gasteiger partial charge in [0, 0.05) is 18.0 Å². The largest absolute Gasteiger partial charge is 1.00 e. The van der Waals surface area contributed by atoms with Crippen molar-refractivity contribution in [1.29, 1.82) is 0 Å². The van der Waals surface area contributed by atoms with Gasteiger partial charge in [0.15, 0.2) is 0 Å². The van der Waals surface area contributed by atoms with E-state index in [9.17, 15) is 9.59 Å². The summed E-state index contributed by atoms with van der Waals surface area (Å²) < 4.78 is 10.5. The van der Waals surface area contributed by atoms with Crippen LogP contribution in [0.15, 0.2) is 72.8 Å². The summed E-state index contributed by atoms with van der Waals surface area (Å²) in [4.78, 5) is 23.7. The molecular formula is C24H24NNaO5. The zero-order valence-corrected chi connectivity index (χ0v) is 19.8. The quantitative estimate of drug-likeness (QED) is 0.533. The van der Waals surface area contributed by atoms with Crippen molar-refractivity contribution in [3.63, 3.8) is 0 Å². The van der Waals surface area contributed by atoms with Gasteiger partial charge in [-0.2, -0.15) is 0 Å². The number of methoxy groups -OCH3 is 2. The molecule has 0 spiro atoms. The van der Waals surface area contributed by atoms with Crippen LogP contribution in [-0.2, 0) is 4.79 Å². The number of carboxylic acids is 1. The summed E-state index contributed by atoms with van der Waals surface area (Å²) in [6.45, 7) is 0. The van der Waals surface area contributed by atoms with Gasteiger partial charge in [-0.05, 0) is 59.7 Å². The van der Waals surface area contributed by atoms with Crippen molar-refractivity contribution in [3.8, 4) is 11.5 Å². The summed E-state index contributed by atoms with van der Waals surface area (Å²) in [6.07, 6.45) is 0.222. The summed E-state index contributed by atoms with van der Waals surface area (Å²) in [5, 5.41) is 11.8. The first kappa shape index (κ1) is 24.5. The number of aromatic carboxylic acids is 1. The molecule has 0 saturated heterocycles. The molecule has 0 radical (unpaired) electrons. The molecule has 0 aliphatic carbocycles.